The van der Waals surface area contributed by atoms with Crippen molar-refractivity contribution >= 4 is 7.72 Å². The molecule has 0 spiro atoms. The van der Waals surface area contributed by atoms with Crippen LogP contribution >= 0.6 is 7.72 Å². The van der Waals surface area contributed by atoms with Crippen molar-refractivity contribution in [2.24, 2.45) is 0 Å². The molecule has 1 heterocycles. The second-order valence-electron chi connectivity index (χ2n) is 1.57. The first-order valence-corrected chi connectivity index (χ1v) is 4.39. The van der Waals surface area contributed by atoms with Crippen molar-refractivity contribution in [2.45, 2.75) is 0 Å². The van der Waals surface area contributed by atoms with Gasteiger partial charge < -0.3 is 0 Å². The molecule has 0 radical (unpaired) electrons. The van der Waals surface area contributed by atoms with Crippen molar-refractivity contribution in [2.75, 3.05) is 13.3 Å². The van der Waals surface area contributed by atoms with Gasteiger partial charge in [0.25, 0.3) is 0 Å². The summed E-state index contributed by atoms with van der Waals surface area (Å²) in [5.41, 5.74) is 0. The standard InChI is InChI=1S/C2H7O2P/c1-5(2)3-4-5/h5H,1-2H3. The Morgan fingerprint density at radius 1 is 1.20 bits per heavy atom. The molecule has 0 unspecified atom stereocenters. The molecule has 3 heteroatoms. The van der Waals surface area contributed by atoms with E-state index in [4.69, 9.17) is 0 Å². The molecule has 1 fully saturated rings. The zero-order chi connectivity index (χ0) is 3.91. The van der Waals surface area contributed by atoms with Crippen LogP contribution in [0.3, 0.4) is 0 Å². The fourth-order valence-electron chi connectivity index (χ4n) is 0.0833. The van der Waals surface area contributed by atoms with Crippen LogP contribution in [-0.4, -0.2) is 13.3 Å². The van der Waals surface area contributed by atoms with Gasteiger partial charge in [0.2, 0.25) is 0 Å². The number of hydrogen-bond donors (Lipinski definition) is 0. The summed E-state index contributed by atoms with van der Waals surface area (Å²) in [6, 6.07) is 0. The minimum absolute atomic E-state index is 1.36. The van der Waals surface area contributed by atoms with Crippen LogP contribution < -0.4 is 0 Å². The van der Waals surface area contributed by atoms with E-state index >= 15 is 0 Å². The van der Waals surface area contributed by atoms with Crippen LogP contribution in [0.15, 0.2) is 0 Å². The van der Waals surface area contributed by atoms with Crippen molar-refractivity contribution in [3.63, 3.8) is 0 Å². The van der Waals surface area contributed by atoms with Gasteiger partial charge in [-0.3, -0.25) is 0 Å². The van der Waals surface area contributed by atoms with Crippen molar-refractivity contribution in [3.05, 3.63) is 0 Å². The van der Waals surface area contributed by atoms with E-state index in [-0.39, 0.29) is 0 Å². The van der Waals surface area contributed by atoms with Gasteiger partial charge in [0, 0.05) is 0 Å². The van der Waals surface area contributed by atoms with E-state index < -0.39 is 7.72 Å². The molecule has 0 aromatic heterocycles. The minimum atomic E-state index is -1.36. The molecule has 5 heavy (non-hydrogen) atoms. The molecule has 32 valence electrons. The Morgan fingerprint density at radius 2 is 1.40 bits per heavy atom. The summed E-state index contributed by atoms with van der Waals surface area (Å²) in [5.74, 6) is 0. The Bertz CT molecular complexity index is 45.6. The van der Waals surface area contributed by atoms with E-state index in [1.54, 1.807) is 0 Å². The van der Waals surface area contributed by atoms with Crippen LogP contribution in [0, 0.1) is 0 Å². The normalized spacial score (nSPS) is 36.4. The zero-order valence-corrected chi connectivity index (χ0v) is 4.32. The molecule has 2 nitrogen and oxygen atoms in total. The summed E-state index contributed by atoms with van der Waals surface area (Å²) >= 11 is 0. The van der Waals surface area contributed by atoms with Crippen molar-refractivity contribution in [1.29, 1.82) is 0 Å². The van der Waals surface area contributed by atoms with E-state index in [2.05, 4.69) is 9.35 Å². The molecule has 0 aromatic rings. The van der Waals surface area contributed by atoms with Gasteiger partial charge in [-0.1, -0.05) is 0 Å². The summed E-state index contributed by atoms with van der Waals surface area (Å²) in [4.78, 5) is 0. The second kappa shape index (κ2) is 0.700. The maximum absolute atomic E-state index is 4.53. The first-order chi connectivity index (χ1) is 2.21. The molecule has 0 aromatic carbocycles. The molecule has 0 N–H and O–H groups in total. The van der Waals surface area contributed by atoms with E-state index in [1.165, 1.54) is 0 Å². The molecular weight excluding hydrogens is 87.0 g/mol. The van der Waals surface area contributed by atoms with Gasteiger partial charge in [0.15, 0.2) is 0 Å². The third kappa shape index (κ3) is 0.839. The van der Waals surface area contributed by atoms with Crippen LogP contribution in [0.5, 0.6) is 0 Å². The van der Waals surface area contributed by atoms with Gasteiger partial charge >= 0.3 is 30.4 Å². The predicted octanol–water partition coefficient (Wildman–Crippen LogP) is 0.788. The second-order valence-corrected chi connectivity index (χ2v) is 4.70. The topological polar surface area (TPSA) is 25.1 Å². The Balaban J connectivity index is 2.38. The molecule has 0 atom stereocenters. The predicted molar refractivity (Wildman–Crippen MR) is 22.3 cm³/mol. The van der Waals surface area contributed by atoms with Gasteiger partial charge in [-0.2, -0.15) is 0 Å². The van der Waals surface area contributed by atoms with Gasteiger partial charge in [0.05, 0.1) is 0 Å². The van der Waals surface area contributed by atoms with Gasteiger partial charge in [-0.25, -0.2) is 0 Å². The summed E-state index contributed by atoms with van der Waals surface area (Å²) in [6.07, 6.45) is 0. The fourth-order valence-corrected chi connectivity index (χ4v) is 0.750. The van der Waals surface area contributed by atoms with E-state index in [1.807, 2.05) is 13.3 Å². The number of rotatable bonds is 0. The monoisotopic (exact) mass is 94.0 g/mol. The average molecular weight is 94.0 g/mol. The molecule has 1 aliphatic rings. The SMILES string of the molecule is C[PH]1(C)OO1. The third-order valence-corrected chi connectivity index (χ3v) is 1.25. The summed E-state index contributed by atoms with van der Waals surface area (Å²) in [5, 5.41) is 0. The van der Waals surface area contributed by atoms with Crippen LogP contribution in [0.2, 0.25) is 0 Å². The molecule has 0 bridgehead atoms. The van der Waals surface area contributed by atoms with Gasteiger partial charge in [-0.05, 0) is 0 Å². The first-order valence-electron chi connectivity index (χ1n) is 1.57. The zero-order valence-electron chi connectivity index (χ0n) is 3.32. The summed E-state index contributed by atoms with van der Waals surface area (Å²) in [6.45, 7) is 3.99. The summed E-state index contributed by atoms with van der Waals surface area (Å²) in [7, 11) is -1.36. The van der Waals surface area contributed by atoms with Crippen LogP contribution in [0.1, 0.15) is 0 Å². The molecule has 1 aliphatic heterocycles. The van der Waals surface area contributed by atoms with Crippen LogP contribution in [0.4, 0.5) is 0 Å². The van der Waals surface area contributed by atoms with E-state index in [0.717, 1.165) is 0 Å². The van der Waals surface area contributed by atoms with E-state index in [9.17, 15) is 0 Å². The summed E-state index contributed by atoms with van der Waals surface area (Å²) < 4.78 is 9.07. The maximum atomic E-state index is 4.53. The van der Waals surface area contributed by atoms with Crippen LogP contribution in [0.25, 0.3) is 0 Å². The van der Waals surface area contributed by atoms with Crippen LogP contribution in [-0.2, 0) is 9.35 Å². The molecule has 0 amide bonds. The molecular formula is C2H7O2P. The van der Waals surface area contributed by atoms with Crippen molar-refractivity contribution in [1.82, 2.24) is 0 Å². The van der Waals surface area contributed by atoms with Crippen molar-refractivity contribution in [3.8, 4) is 0 Å². The Morgan fingerprint density at radius 3 is 1.40 bits per heavy atom. The molecule has 1 saturated heterocycles. The van der Waals surface area contributed by atoms with Gasteiger partial charge in [0.1, 0.15) is 0 Å². The molecule has 0 aliphatic carbocycles. The Kier molecular flexibility index (Phi) is 0.495. The third-order valence-electron chi connectivity index (χ3n) is 0.417. The van der Waals surface area contributed by atoms with E-state index in [0.29, 0.717) is 0 Å². The number of hydrogen-bond acceptors (Lipinski definition) is 2. The molecule has 0 saturated carbocycles. The Hall–Kier alpha value is 0.350. The Labute approximate surface area is 31.5 Å². The quantitative estimate of drug-likeness (QED) is 0.252. The van der Waals surface area contributed by atoms with Crippen molar-refractivity contribution < 1.29 is 9.35 Å². The van der Waals surface area contributed by atoms with Gasteiger partial charge in [-0.15, -0.1) is 0 Å². The average Bonchev–Trinajstić information content (AvgIpc) is 1.76. The fraction of sp³-hybridized carbons (Fsp3) is 1.00. The molecule has 1 rings (SSSR count). The first kappa shape index (κ1) is 3.54.